The van der Waals surface area contributed by atoms with Crippen molar-refractivity contribution >= 4 is 5.91 Å². The molecule has 1 unspecified atom stereocenters. The molecule has 7 nitrogen and oxygen atoms in total. The van der Waals surface area contributed by atoms with E-state index in [0.29, 0.717) is 30.2 Å². The number of aromatic nitrogens is 2. The molecular weight excluding hydrogens is 329 g/mol. The van der Waals surface area contributed by atoms with Crippen LogP contribution in [0.1, 0.15) is 23.2 Å². The molecule has 0 radical (unpaired) electrons. The third-order valence-electron chi connectivity index (χ3n) is 4.15. The van der Waals surface area contributed by atoms with Crippen molar-refractivity contribution in [2.45, 2.75) is 18.9 Å². The monoisotopic (exact) mass is 345 g/mol. The summed E-state index contributed by atoms with van der Waals surface area (Å²) in [6.45, 7) is 1.25. The van der Waals surface area contributed by atoms with Gasteiger partial charge in [-0.25, -0.2) is 14.4 Å². The number of hydrogen-bond acceptors (Lipinski definition) is 6. The van der Waals surface area contributed by atoms with E-state index < -0.39 is 5.82 Å². The number of hydrogen-bond donors (Lipinski definition) is 0. The van der Waals surface area contributed by atoms with Crippen LogP contribution >= 0.6 is 0 Å². The van der Waals surface area contributed by atoms with Crippen LogP contribution in [0.4, 0.5) is 4.39 Å². The zero-order valence-electron chi connectivity index (χ0n) is 13.4. The van der Waals surface area contributed by atoms with Gasteiger partial charge in [0.2, 0.25) is 6.79 Å². The molecule has 8 heteroatoms. The normalized spacial score (nSPS) is 18.9. The number of likely N-dealkylation sites (tertiary alicyclic amines) is 1. The number of carbonyl (C=O) groups is 1. The van der Waals surface area contributed by atoms with E-state index in [0.717, 1.165) is 25.2 Å². The summed E-state index contributed by atoms with van der Waals surface area (Å²) < 4.78 is 29.1. The van der Waals surface area contributed by atoms with Gasteiger partial charge in [-0.15, -0.1) is 0 Å². The number of rotatable bonds is 3. The number of amides is 1. The van der Waals surface area contributed by atoms with Gasteiger partial charge in [0.15, 0.2) is 17.3 Å². The Bertz CT molecular complexity index is 784. The quantitative estimate of drug-likeness (QED) is 0.847. The lowest BCUT2D eigenvalue weighted by molar-refractivity contribution is 0.0515. The summed E-state index contributed by atoms with van der Waals surface area (Å²) in [6, 6.07) is 5.27. The van der Waals surface area contributed by atoms with Gasteiger partial charge in [-0.05, 0) is 31.0 Å². The van der Waals surface area contributed by atoms with E-state index in [9.17, 15) is 9.18 Å². The topological polar surface area (TPSA) is 73.8 Å². The zero-order valence-corrected chi connectivity index (χ0v) is 13.4. The zero-order chi connectivity index (χ0) is 17.2. The molecule has 4 rings (SSSR count). The average Bonchev–Trinajstić information content (AvgIpc) is 3.11. The van der Waals surface area contributed by atoms with Crippen molar-refractivity contribution in [1.82, 2.24) is 14.9 Å². The highest BCUT2D eigenvalue weighted by molar-refractivity contribution is 5.95. The molecule has 2 aromatic rings. The van der Waals surface area contributed by atoms with Crippen LogP contribution in [0.25, 0.3) is 0 Å². The van der Waals surface area contributed by atoms with Gasteiger partial charge < -0.3 is 19.1 Å². The third-order valence-corrected chi connectivity index (χ3v) is 4.15. The summed E-state index contributed by atoms with van der Waals surface area (Å²) in [5.41, 5.74) is 0.544. The van der Waals surface area contributed by atoms with Gasteiger partial charge in [-0.1, -0.05) is 0 Å². The Labute approximate surface area is 143 Å². The predicted molar refractivity (Wildman–Crippen MR) is 84.1 cm³/mol. The first-order chi connectivity index (χ1) is 12.2. The van der Waals surface area contributed by atoms with Crippen molar-refractivity contribution in [2.75, 3.05) is 19.9 Å². The van der Waals surface area contributed by atoms with E-state index >= 15 is 0 Å². The molecule has 2 aliphatic heterocycles. The Morgan fingerprint density at radius 1 is 1.24 bits per heavy atom. The van der Waals surface area contributed by atoms with E-state index in [2.05, 4.69) is 9.97 Å². The Balaban J connectivity index is 1.43. The van der Waals surface area contributed by atoms with E-state index in [1.54, 1.807) is 23.1 Å². The number of halogens is 1. The minimum Gasteiger partial charge on any atom is -0.458 e. The fourth-order valence-corrected chi connectivity index (χ4v) is 2.94. The summed E-state index contributed by atoms with van der Waals surface area (Å²) in [5, 5.41) is 0. The summed E-state index contributed by atoms with van der Waals surface area (Å²) in [6.07, 6.45) is 3.48. The van der Waals surface area contributed by atoms with Crippen LogP contribution in [0.5, 0.6) is 17.5 Å². The van der Waals surface area contributed by atoms with Crippen molar-refractivity contribution in [3.05, 3.63) is 42.0 Å². The maximum absolute atomic E-state index is 12.9. The van der Waals surface area contributed by atoms with Crippen molar-refractivity contribution < 1.29 is 23.4 Å². The molecule has 0 aliphatic carbocycles. The van der Waals surface area contributed by atoms with Crippen LogP contribution in [0.15, 0.2) is 30.6 Å². The Morgan fingerprint density at radius 2 is 2.04 bits per heavy atom. The van der Waals surface area contributed by atoms with Crippen LogP contribution in [0.3, 0.4) is 0 Å². The number of fused-ring (bicyclic) bond motifs is 1. The maximum Gasteiger partial charge on any atom is 0.316 e. The fourth-order valence-electron chi connectivity index (χ4n) is 2.94. The first-order valence-electron chi connectivity index (χ1n) is 8.02. The summed E-state index contributed by atoms with van der Waals surface area (Å²) in [4.78, 5) is 22.1. The average molecular weight is 345 g/mol. The maximum atomic E-state index is 12.9. The molecule has 130 valence electrons. The van der Waals surface area contributed by atoms with Crippen LogP contribution in [-0.4, -0.2) is 46.8 Å². The molecule has 0 bridgehead atoms. The highest BCUT2D eigenvalue weighted by Gasteiger charge is 2.27. The second-order valence-corrected chi connectivity index (χ2v) is 5.89. The minimum absolute atomic E-state index is 0.0911. The number of ether oxygens (including phenoxy) is 3. The van der Waals surface area contributed by atoms with Gasteiger partial charge in [0.25, 0.3) is 5.91 Å². The molecule has 1 aromatic carbocycles. The van der Waals surface area contributed by atoms with Gasteiger partial charge >= 0.3 is 6.01 Å². The SMILES string of the molecule is O=C(c1ccc2c(c1)OCO2)N1CCCC(Oc2ncc(F)cn2)C1. The lowest BCUT2D eigenvalue weighted by Crippen LogP contribution is -2.44. The minimum atomic E-state index is -0.518. The van der Waals surface area contributed by atoms with E-state index in [4.69, 9.17) is 14.2 Å². The summed E-state index contributed by atoms with van der Waals surface area (Å²) in [7, 11) is 0. The third kappa shape index (κ3) is 3.33. The van der Waals surface area contributed by atoms with Gasteiger partial charge in [0, 0.05) is 12.1 Å². The van der Waals surface area contributed by atoms with Crippen molar-refractivity contribution in [1.29, 1.82) is 0 Å². The van der Waals surface area contributed by atoms with Gasteiger partial charge in [0.1, 0.15) is 6.10 Å². The molecule has 1 aromatic heterocycles. The van der Waals surface area contributed by atoms with Gasteiger partial charge in [-0.2, -0.15) is 0 Å². The number of benzene rings is 1. The molecule has 1 saturated heterocycles. The van der Waals surface area contributed by atoms with Gasteiger partial charge in [0.05, 0.1) is 18.9 Å². The van der Waals surface area contributed by atoms with Crippen LogP contribution in [0, 0.1) is 5.82 Å². The Morgan fingerprint density at radius 3 is 2.88 bits per heavy atom. The van der Waals surface area contributed by atoms with Crippen molar-refractivity contribution in [2.24, 2.45) is 0 Å². The standard InChI is InChI=1S/C17H16FN3O4/c18-12-7-19-17(20-8-12)25-13-2-1-5-21(9-13)16(22)11-3-4-14-15(6-11)24-10-23-14/h3-4,6-8,13H,1-2,5,9-10H2. The lowest BCUT2D eigenvalue weighted by atomic mass is 10.1. The first kappa shape index (κ1) is 15.6. The highest BCUT2D eigenvalue weighted by Crippen LogP contribution is 2.33. The van der Waals surface area contributed by atoms with E-state index in [-0.39, 0.29) is 24.8 Å². The number of piperidine rings is 1. The molecule has 1 atom stereocenters. The molecule has 25 heavy (non-hydrogen) atoms. The Hall–Kier alpha value is -2.90. The highest BCUT2D eigenvalue weighted by atomic mass is 19.1. The predicted octanol–water partition coefficient (Wildman–Crippen LogP) is 2.03. The van der Waals surface area contributed by atoms with E-state index in [1.807, 2.05) is 0 Å². The molecule has 0 saturated carbocycles. The van der Waals surface area contributed by atoms with Crippen LogP contribution in [-0.2, 0) is 0 Å². The lowest BCUT2D eigenvalue weighted by Gasteiger charge is -2.32. The molecule has 2 aliphatic rings. The molecular formula is C17H16FN3O4. The first-order valence-corrected chi connectivity index (χ1v) is 8.02. The summed E-state index contributed by atoms with van der Waals surface area (Å²) >= 11 is 0. The van der Waals surface area contributed by atoms with Crippen molar-refractivity contribution in [3.8, 4) is 17.5 Å². The number of nitrogens with zero attached hydrogens (tertiary/aromatic N) is 3. The second-order valence-electron chi connectivity index (χ2n) is 5.89. The number of carbonyl (C=O) groups excluding carboxylic acids is 1. The smallest absolute Gasteiger partial charge is 0.316 e. The van der Waals surface area contributed by atoms with Crippen LogP contribution < -0.4 is 14.2 Å². The molecule has 3 heterocycles. The fraction of sp³-hybridized carbons (Fsp3) is 0.353. The van der Waals surface area contributed by atoms with Crippen molar-refractivity contribution in [3.63, 3.8) is 0 Å². The Kier molecular flexibility index (Phi) is 4.09. The molecule has 1 fully saturated rings. The summed E-state index contributed by atoms with van der Waals surface area (Å²) in [5.74, 6) is 0.613. The van der Waals surface area contributed by atoms with Gasteiger partial charge in [-0.3, -0.25) is 4.79 Å². The largest absolute Gasteiger partial charge is 0.458 e. The second kappa shape index (κ2) is 6.54. The van der Waals surface area contributed by atoms with E-state index in [1.165, 1.54) is 0 Å². The molecule has 0 spiro atoms. The van der Waals surface area contributed by atoms with Crippen LogP contribution in [0.2, 0.25) is 0 Å². The molecule has 1 amide bonds. The molecule has 0 N–H and O–H groups in total.